The molecule has 88 valence electrons. The van der Waals surface area contributed by atoms with Crippen LogP contribution in [-0.4, -0.2) is 12.8 Å². The van der Waals surface area contributed by atoms with Gasteiger partial charge in [-0.25, -0.2) is 0 Å². The van der Waals surface area contributed by atoms with Gasteiger partial charge in [-0.3, -0.25) is 0 Å². The zero-order valence-electron chi connectivity index (χ0n) is 10.0. The SMILES string of the molecule is C=Cc1ccc(CCCCPOCC)cc1. The van der Waals surface area contributed by atoms with E-state index in [1.165, 1.54) is 36.6 Å². The molecule has 1 unspecified atom stereocenters. The van der Waals surface area contributed by atoms with Gasteiger partial charge < -0.3 is 4.52 Å². The van der Waals surface area contributed by atoms with Gasteiger partial charge >= 0.3 is 0 Å². The molecule has 0 spiro atoms. The van der Waals surface area contributed by atoms with Crippen molar-refractivity contribution in [3.05, 3.63) is 42.0 Å². The van der Waals surface area contributed by atoms with Crippen LogP contribution in [0.1, 0.15) is 30.9 Å². The van der Waals surface area contributed by atoms with E-state index in [0.717, 1.165) is 6.61 Å². The fraction of sp³-hybridized carbons (Fsp3) is 0.429. The summed E-state index contributed by atoms with van der Waals surface area (Å²) in [5, 5.41) is 0. The van der Waals surface area contributed by atoms with Crippen LogP contribution in [0.3, 0.4) is 0 Å². The molecular formula is C14H21OP. The summed E-state index contributed by atoms with van der Waals surface area (Å²) in [5.41, 5.74) is 2.62. The fourth-order valence-electron chi connectivity index (χ4n) is 1.52. The molecule has 0 amide bonds. The van der Waals surface area contributed by atoms with E-state index in [4.69, 9.17) is 4.52 Å². The van der Waals surface area contributed by atoms with Gasteiger partial charge in [0.15, 0.2) is 0 Å². The molecule has 1 atom stereocenters. The molecule has 1 aromatic rings. The zero-order chi connectivity index (χ0) is 11.6. The van der Waals surface area contributed by atoms with Crippen molar-refractivity contribution in [3.63, 3.8) is 0 Å². The van der Waals surface area contributed by atoms with Crippen LogP contribution in [0.15, 0.2) is 30.8 Å². The van der Waals surface area contributed by atoms with E-state index >= 15 is 0 Å². The molecule has 1 rings (SSSR count). The van der Waals surface area contributed by atoms with E-state index in [2.05, 4.69) is 30.8 Å². The first kappa shape index (κ1) is 13.4. The minimum Gasteiger partial charge on any atom is -0.363 e. The van der Waals surface area contributed by atoms with Gasteiger partial charge in [0.1, 0.15) is 0 Å². The number of rotatable bonds is 8. The van der Waals surface area contributed by atoms with Crippen molar-refractivity contribution >= 4 is 14.9 Å². The Hall–Kier alpha value is -0.650. The molecule has 0 saturated carbocycles. The molecule has 1 nitrogen and oxygen atoms in total. The van der Waals surface area contributed by atoms with Crippen LogP contribution in [0.25, 0.3) is 6.08 Å². The highest BCUT2D eigenvalue weighted by atomic mass is 31.1. The smallest absolute Gasteiger partial charge is 0.0477 e. The van der Waals surface area contributed by atoms with Gasteiger partial charge in [-0.2, -0.15) is 0 Å². The lowest BCUT2D eigenvalue weighted by molar-refractivity contribution is 0.389. The minimum atomic E-state index is 0.684. The summed E-state index contributed by atoms with van der Waals surface area (Å²) in [6.45, 7) is 6.65. The van der Waals surface area contributed by atoms with Crippen molar-refractivity contribution in [2.45, 2.75) is 26.2 Å². The van der Waals surface area contributed by atoms with Crippen molar-refractivity contribution in [1.82, 2.24) is 0 Å². The highest BCUT2D eigenvalue weighted by molar-refractivity contribution is 7.32. The highest BCUT2D eigenvalue weighted by Crippen LogP contribution is 2.15. The van der Waals surface area contributed by atoms with Gasteiger partial charge in [-0.15, -0.1) is 0 Å². The molecule has 0 saturated heterocycles. The van der Waals surface area contributed by atoms with Crippen molar-refractivity contribution < 1.29 is 4.52 Å². The second-order valence-electron chi connectivity index (χ2n) is 3.73. The average Bonchev–Trinajstić information content (AvgIpc) is 2.34. The van der Waals surface area contributed by atoms with E-state index in [1.54, 1.807) is 0 Å². The minimum absolute atomic E-state index is 0.684. The van der Waals surface area contributed by atoms with Gasteiger partial charge in [0.2, 0.25) is 0 Å². The molecule has 0 N–H and O–H groups in total. The van der Waals surface area contributed by atoms with E-state index < -0.39 is 0 Å². The normalized spacial score (nSPS) is 11.1. The molecule has 0 aliphatic carbocycles. The van der Waals surface area contributed by atoms with Crippen LogP contribution in [0.4, 0.5) is 0 Å². The summed E-state index contributed by atoms with van der Waals surface area (Å²) in [7, 11) is 0.684. The Morgan fingerprint density at radius 1 is 1.25 bits per heavy atom. The molecule has 0 bridgehead atoms. The molecule has 0 aromatic heterocycles. The molecule has 0 aliphatic rings. The Balaban J connectivity index is 2.14. The van der Waals surface area contributed by atoms with Crippen LogP contribution < -0.4 is 0 Å². The third kappa shape index (κ3) is 5.44. The van der Waals surface area contributed by atoms with Crippen molar-refractivity contribution in [3.8, 4) is 0 Å². The zero-order valence-corrected chi connectivity index (χ0v) is 11.0. The lowest BCUT2D eigenvalue weighted by Crippen LogP contribution is -1.87. The first-order valence-corrected chi connectivity index (χ1v) is 7.04. The lowest BCUT2D eigenvalue weighted by atomic mass is 10.1. The van der Waals surface area contributed by atoms with Crippen LogP contribution in [0.5, 0.6) is 0 Å². The predicted molar refractivity (Wildman–Crippen MR) is 74.3 cm³/mol. The summed E-state index contributed by atoms with van der Waals surface area (Å²) in [6, 6.07) is 8.65. The fourth-order valence-corrected chi connectivity index (χ4v) is 2.26. The highest BCUT2D eigenvalue weighted by Gasteiger charge is 1.94. The van der Waals surface area contributed by atoms with Gasteiger partial charge in [-0.1, -0.05) is 36.9 Å². The third-order valence-corrected chi connectivity index (χ3v) is 3.51. The molecule has 0 heterocycles. The van der Waals surface area contributed by atoms with Crippen molar-refractivity contribution in [2.24, 2.45) is 0 Å². The Kier molecular flexibility index (Phi) is 7.12. The molecule has 2 heteroatoms. The number of unbranched alkanes of at least 4 members (excludes halogenated alkanes) is 1. The Morgan fingerprint density at radius 3 is 2.62 bits per heavy atom. The lowest BCUT2D eigenvalue weighted by Gasteiger charge is -2.03. The maximum Gasteiger partial charge on any atom is 0.0477 e. The molecule has 0 radical (unpaired) electrons. The summed E-state index contributed by atoms with van der Waals surface area (Å²) in [5.74, 6) is 0. The molecule has 0 aliphatic heterocycles. The van der Waals surface area contributed by atoms with Gasteiger partial charge in [-0.05, 0) is 43.5 Å². The largest absolute Gasteiger partial charge is 0.363 e. The van der Waals surface area contributed by atoms with E-state index in [-0.39, 0.29) is 0 Å². The molecule has 1 aromatic carbocycles. The topological polar surface area (TPSA) is 9.23 Å². The quantitative estimate of drug-likeness (QED) is 0.483. The first-order valence-electron chi connectivity index (χ1n) is 5.93. The van der Waals surface area contributed by atoms with Crippen LogP contribution in [-0.2, 0) is 10.9 Å². The van der Waals surface area contributed by atoms with Gasteiger partial charge in [0, 0.05) is 15.4 Å². The summed E-state index contributed by atoms with van der Waals surface area (Å²) in [6.07, 6.45) is 6.79. The average molecular weight is 236 g/mol. The Labute approximate surface area is 101 Å². The van der Waals surface area contributed by atoms with Crippen molar-refractivity contribution in [1.29, 1.82) is 0 Å². The van der Waals surface area contributed by atoms with Gasteiger partial charge in [0.25, 0.3) is 0 Å². The Morgan fingerprint density at radius 2 is 2.00 bits per heavy atom. The first-order chi connectivity index (χ1) is 7.86. The second-order valence-corrected chi connectivity index (χ2v) is 4.81. The van der Waals surface area contributed by atoms with Crippen LogP contribution in [0.2, 0.25) is 0 Å². The predicted octanol–water partition coefficient (Wildman–Crippen LogP) is 4.28. The molecule has 0 fully saturated rings. The van der Waals surface area contributed by atoms with E-state index in [0.29, 0.717) is 8.81 Å². The molecule has 16 heavy (non-hydrogen) atoms. The summed E-state index contributed by atoms with van der Waals surface area (Å²) in [4.78, 5) is 0. The van der Waals surface area contributed by atoms with Crippen molar-refractivity contribution in [2.75, 3.05) is 12.8 Å². The second kappa shape index (κ2) is 8.50. The van der Waals surface area contributed by atoms with Gasteiger partial charge in [0.05, 0.1) is 0 Å². The summed E-state index contributed by atoms with van der Waals surface area (Å²) >= 11 is 0. The maximum absolute atomic E-state index is 5.33. The Bertz CT molecular complexity index is 292. The number of benzene rings is 1. The van der Waals surface area contributed by atoms with Crippen LogP contribution in [0, 0.1) is 0 Å². The maximum atomic E-state index is 5.33. The van der Waals surface area contributed by atoms with Crippen LogP contribution >= 0.6 is 8.81 Å². The number of aryl methyl sites for hydroxylation is 1. The molecular weight excluding hydrogens is 215 g/mol. The monoisotopic (exact) mass is 236 g/mol. The van der Waals surface area contributed by atoms with E-state index in [9.17, 15) is 0 Å². The number of hydrogen-bond acceptors (Lipinski definition) is 1. The van der Waals surface area contributed by atoms with E-state index in [1.807, 2.05) is 13.0 Å². The standard InChI is InChI=1S/C14H21OP/c1-3-13-8-10-14(11-9-13)7-5-6-12-16-15-4-2/h3,8-11,16H,1,4-7,12H2,2H3. The summed E-state index contributed by atoms with van der Waals surface area (Å²) < 4.78 is 5.33. The number of hydrogen-bond donors (Lipinski definition) is 0. The third-order valence-electron chi connectivity index (χ3n) is 2.46.